The predicted octanol–water partition coefficient (Wildman–Crippen LogP) is 5.19. The Balaban J connectivity index is 1.27. The van der Waals surface area contributed by atoms with E-state index < -0.39 is 0 Å². The van der Waals surface area contributed by atoms with Crippen LogP contribution in [-0.4, -0.2) is 29.9 Å². The van der Waals surface area contributed by atoms with E-state index in [4.69, 9.17) is 16.3 Å². The van der Waals surface area contributed by atoms with E-state index in [1.807, 2.05) is 42.5 Å². The molecule has 6 heteroatoms. The van der Waals surface area contributed by atoms with Crippen molar-refractivity contribution in [2.24, 2.45) is 0 Å². The lowest BCUT2D eigenvalue weighted by Gasteiger charge is -2.32. The first-order valence-corrected chi connectivity index (χ1v) is 11.5. The van der Waals surface area contributed by atoms with Gasteiger partial charge in [0, 0.05) is 41.8 Å². The second-order valence-electron chi connectivity index (χ2n) is 8.24. The molecule has 1 aliphatic heterocycles. The lowest BCUT2D eigenvalue weighted by Crippen LogP contribution is -2.44. The largest absolute Gasteiger partial charge is 0.489 e. The van der Waals surface area contributed by atoms with E-state index in [1.165, 1.54) is 5.56 Å². The molecule has 1 N–H and O–H groups in total. The van der Waals surface area contributed by atoms with Crippen molar-refractivity contribution in [1.29, 1.82) is 5.26 Å². The van der Waals surface area contributed by atoms with Crippen LogP contribution in [0.2, 0.25) is 5.02 Å². The van der Waals surface area contributed by atoms with Crippen LogP contribution >= 0.6 is 11.6 Å². The number of ether oxygens (including phenoxy) is 1. The third-order valence-corrected chi connectivity index (χ3v) is 6.12. The predicted molar refractivity (Wildman–Crippen MR) is 129 cm³/mol. The van der Waals surface area contributed by atoms with Crippen LogP contribution in [-0.2, 0) is 13.2 Å². The zero-order valence-electron chi connectivity index (χ0n) is 18.3. The number of nitrogens with zero attached hydrogens (tertiary/aromatic N) is 2. The van der Waals surface area contributed by atoms with Gasteiger partial charge in [0.2, 0.25) is 0 Å². The van der Waals surface area contributed by atoms with Crippen LogP contribution in [0.5, 0.6) is 5.75 Å². The number of carbonyl (C=O) groups is 1. The zero-order chi connectivity index (χ0) is 23.0. The van der Waals surface area contributed by atoms with Crippen molar-refractivity contribution >= 4 is 17.5 Å². The van der Waals surface area contributed by atoms with Crippen molar-refractivity contribution in [3.63, 3.8) is 0 Å². The van der Waals surface area contributed by atoms with Gasteiger partial charge in [-0.05, 0) is 54.8 Å². The second kappa shape index (κ2) is 11.0. The summed E-state index contributed by atoms with van der Waals surface area (Å²) in [6.45, 7) is 3.05. The summed E-state index contributed by atoms with van der Waals surface area (Å²) in [6, 6.07) is 24.8. The van der Waals surface area contributed by atoms with Crippen LogP contribution in [0.15, 0.2) is 72.8 Å². The molecule has 5 nitrogen and oxygen atoms in total. The van der Waals surface area contributed by atoms with Crippen molar-refractivity contribution in [1.82, 2.24) is 10.2 Å². The minimum atomic E-state index is -0.0889. The number of hydrogen-bond donors (Lipinski definition) is 1. The van der Waals surface area contributed by atoms with Gasteiger partial charge in [0.1, 0.15) is 12.4 Å². The fraction of sp³-hybridized carbons (Fsp3) is 0.259. The third kappa shape index (κ3) is 6.35. The van der Waals surface area contributed by atoms with Crippen LogP contribution in [0.25, 0.3) is 0 Å². The van der Waals surface area contributed by atoms with E-state index in [2.05, 4.69) is 28.4 Å². The standard InChI is InChI=1S/C27H26ClN3O2/c28-24-10-8-20(9-11-24)18-31-14-12-25(13-15-31)30-27(32)21-6-3-7-26(16-21)33-19-23-5-2-1-4-22(23)17-29/h1-11,16,25H,12-15,18-19H2,(H,30,32). The summed E-state index contributed by atoms with van der Waals surface area (Å²) in [7, 11) is 0. The summed E-state index contributed by atoms with van der Waals surface area (Å²) < 4.78 is 5.85. The first kappa shape index (κ1) is 22.8. The number of rotatable bonds is 7. The van der Waals surface area contributed by atoms with E-state index in [0.717, 1.165) is 43.1 Å². The average molecular weight is 460 g/mol. The van der Waals surface area contributed by atoms with E-state index in [1.54, 1.807) is 18.2 Å². The highest BCUT2D eigenvalue weighted by Crippen LogP contribution is 2.19. The quantitative estimate of drug-likeness (QED) is 0.528. The molecule has 3 aromatic rings. The van der Waals surface area contributed by atoms with E-state index in [9.17, 15) is 10.1 Å². The van der Waals surface area contributed by atoms with E-state index >= 15 is 0 Å². The Morgan fingerprint density at radius 2 is 1.82 bits per heavy atom. The average Bonchev–Trinajstić information content (AvgIpc) is 2.85. The fourth-order valence-corrected chi connectivity index (χ4v) is 4.12. The fourth-order valence-electron chi connectivity index (χ4n) is 4.00. The smallest absolute Gasteiger partial charge is 0.251 e. The Kier molecular flexibility index (Phi) is 7.62. The molecule has 4 rings (SSSR count). The normalized spacial score (nSPS) is 14.4. The van der Waals surface area contributed by atoms with Crippen molar-refractivity contribution in [3.05, 3.63) is 100 Å². The zero-order valence-corrected chi connectivity index (χ0v) is 19.1. The molecule has 0 spiro atoms. The van der Waals surface area contributed by atoms with Crippen LogP contribution in [0.4, 0.5) is 0 Å². The van der Waals surface area contributed by atoms with Gasteiger partial charge >= 0.3 is 0 Å². The third-order valence-electron chi connectivity index (χ3n) is 5.87. The number of hydrogen-bond acceptors (Lipinski definition) is 4. The minimum absolute atomic E-state index is 0.0889. The number of amides is 1. The number of likely N-dealkylation sites (tertiary alicyclic amines) is 1. The van der Waals surface area contributed by atoms with Crippen LogP contribution < -0.4 is 10.1 Å². The Morgan fingerprint density at radius 3 is 2.58 bits per heavy atom. The first-order valence-electron chi connectivity index (χ1n) is 11.1. The molecular formula is C27H26ClN3O2. The van der Waals surface area contributed by atoms with Gasteiger partial charge in [-0.25, -0.2) is 0 Å². The molecule has 0 unspecified atom stereocenters. The monoisotopic (exact) mass is 459 g/mol. The number of halogens is 1. The SMILES string of the molecule is N#Cc1ccccc1COc1cccc(C(=O)NC2CCN(Cc3ccc(Cl)cc3)CC2)c1. The van der Waals surface area contributed by atoms with Crippen molar-refractivity contribution in [3.8, 4) is 11.8 Å². The first-order chi connectivity index (χ1) is 16.1. The van der Waals surface area contributed by atoms with Gasteiger partial charge in [-0.1, -0.05) is 48.0 Å². The van der Waals surface area contributed by atoms with Crippen molar-refractivity contribution in [2.45, 2.75) is 32.0 Å². The van der Waals surface area contributed by atoms with Gasteiger partial charge in [-0.15, -0.1) is 0 Å². The van der Waals surface area contributed by atoms with Gasteiger partial charge in [-0.2, -0.15) is 5.26 Å². The van der Waals surface area contributed by atoms with Crippen LogP contribution in [0.1, 0.15) is 39.9 Å². The van der Waals surface area contributed by atoms with Crippen molar-refractivity contribution in [2.75, 3.05) is 13.1 Å². The second-order valence-corrected chi connectivity index (χ2v) is 8.67. The van der Waals surface area contributed by atoms with Crippen LogP contribution in [0, 0.1) is 11.3 Å². The molecule has 0 aliphatic carbocycles. The molecule has 1 heterocycles. The lowest BCUT2D eigenvalue weighted by molar-refractivity contribution is 0.0908. The molecule has 0 aromatic heterocycles. The molecule has 1 fully saturated rings. The lowest BCUT2D eigenvalue weighted by atomic mass is 10.0. The van der Waals surface area contributed by atoms with Crippen LogP contribution in [0.3, 0.4) is 0 Å². The molecule has 0 saturated carbocycles. The molecule has 1 amide bonds. The number of nitriles is 1. The highest BCUT2D eigenvalue weighted by atomic mass is 35.5. The maximum atomic E-state index is 12.8. The molecule has 0 radical (unpaired) electrons. The van der Waals surface area contributed by atoms with Gasteiger partial charge in [0.25, 0.3) is 5.91 Å². The summed E-state index contributed by atoms with van der Waals surface area (Å²) in [4.78, 5) is 15.2. The Labute approximate surface area is 199 Å². The molecule has 3 aromatic carbocycles. The maximum absolute atomic E-state index is 12.8. The van der Waals surface area contributed by atoms with Gasteiger partial charge in [0.15, 0.2) is 0 Å². The topological polar surface area (TPSA) is 65.4 Å². The number of nitrogens with one attached hydrogen (secondary N) is 1. The highest BCUT2D eigenvalue weighted by Gasteiger charge is 2.21. The number of carbonyl (C=O) groups excluding carboxylic acids is 1. The summed E-state index contributed by atoms with van der Waals surface area (Å²) >= 11 is 5.97. The molecule has 0 bridgehead atoms. The molecular weight excluding hydrogens is 434 g/mol. The molecule has 1 saturated heterocycles. The molecule has 0 atom stereocenters. The van der Waals surface area contributed by atoms with Gasteiger partial charge < -0.3 is 10.1 Å². The number of piperidine rings is 1. The highest BCUT2D eigenvalue weighted by molar-refractivity contribution is 6.30. The minimum Gasteiger partial charge on any atom is -0.489 e. The molecule has 1 aliphatic rings. The van der Waals surface area contributed by atoms with Crippen molar-refractivity contribution < 1.29 is 9.53 Å². The van der Waals surface area contributed by atoms with Gasteiger partial charge in [-0.3, -0.25) is 9.69 Å². The maximum Gasteiger partial charge on any atom is 0.251 e. The Bertz CT molecular complexity index is 1130. The Morgan fingerprint density at radius 1 is 1.06 bits per heavy atom. The van der Waals surface area contributed by atoms with Gasteiger partial charge in [0.05, 0.1) is 11.6 Å². The number of benzene rings is 3. The molecule has 33 heavy (non-hydrogen) atoms. The summed E-state index contributed by atoms with van der Waals surface area (Å²) in [5.74, 6) is 0.516. The van der Waals surface area contributed by atoms with E-state index in [-0.39, 0.29) is 18.6 Å². The summed E-state index contributed by atoms with van der Waals surface area (Å²) in [5, 5.41) is 13.1. The summed E-state index contributed by atoms with van der Waals surface area (Å²) in [6.07, 6.45) is 1.83. The van der Waals surface area contributed by atoms with E-state index in [0.29, 0.717) is 16.9 Å². The molecule has 168 valence electrons. The Hall–Kier alpha value is -3.33. The summed E-state index contributed by atoms with van der Waals surface area (Å²) in [5.41, 5.74) is 3.23.